The number of aromatic nitrogens is 3. The van der Waals surface area contributed by atoms with Crippen molar-refractivity contribution in [3.05, 3.63) is 46.0 Å². The molecule has 21 heavy (non-hydrogen) atoms. The summed E-state index contributed by atoms with van der Waals surface area (Å²) >= 11 is 5.75. The van der Waals surface area contributed by atoms with Gasteiger partial charge in [-0.1, -0.05) is 36.7 Å². The normalized spacial score (nSPS) is 11.1. The zero-order valence-corrected chi connectivity index (χ0v) is 12.4. The topological polar surface area (TPSA) is 68.0 Å². The first kappa shape index (κ1) is 15.4. The van der Waals surface area contributed by atoms with Crippen LogP contribution in [0.3, 0.4) is 0 Å². The maximum Gasteiger partial charge on any atom is 0.358 e. The molecule has 0 saturated carbocycles. The number of halogens is 2. The van der Waals surface area contributed by atoms with Gasteiger partial charge >= 0.3 is 5.97 Å². The minimum absolute atomic E-state index is 0.0245. The number of aromatic carboxylic acids is 1. The first-order chi connectivity index (χ1) is 9.88. The van der Waals surface area contributed by atoms with Gasteiger partial charge in [0.05, 0.1) is 17.3 Å². The van der Waals surface area contributed by atoms with E-state index in [1.807, 2.05) is 13.8 Å². The lowest BCUT2D eigenvalue weighted by Gasteiger charge is -2.09. The Hall–Kier alpha value is -1.95. The highest BCUT2D eigenvalue weighted by Gasteiger charge is 2.20. The summed E-state index contributed by atoms with van der Waals surface area (Å²) in [6, 6.07) is 4.36. The number of carboxylic acids is 1. The van der Waals surface area contributed by atoms with E-state index in [1.54, 1.807) is 6.07 Å². The summed E-state index contributed by atoms with van der Waals surface area (Å²) in [5.41, 5.74) is 1.24. The Morgan fingerprint density at radius 1 is 1.48 bits per heavy atom. The zero-order valence-electron chi connectivity index (χ0n) is 11.7. The van der Waals surface area contributed by atoms with E-state index in [9.17, 15) is 9.18 Å². The Labute approximate surface area is 126 Å². The molecule has 0 radical (unpaired) electrons. The average Bonchev–Trinajstić information content (AvgIpc) is 2.76. The molecule has 0 atom stereocenters. The molecule has 1 N–H and O–H groups in total. The van der Waals surface area contributed by atoms with E-state index in [0.29, 0.717) is 18.7 Å². The Morgan fingerprint density at radius 2 is 2.19 bits per heavy atom. The second kappa shape index (κ2) is 6.22. The van der Waals surface area contributed by atoms with Crippen molar-refractivity contribution in [1.82, 2.24) is 15.0 Å². The number of benzene rings is 1. The Morgan fingerprint density at radius 3 is 2.76 bits per heavy atom. The highest BCUT2D eigenvalue weighted by Crippen LogP contribution is 2.18. The first-order valence-corrected chi connectivity index (χ1v) is 6.86. The minimum Gasteiger partial charge on any atom is -0.476 e. The Bertz CT molecular complexity index is 670. The minimum atomic E-state index is -1.10. The molecule has 1 aromatic heterocycles. The van der Waals surface area contributed by atoms with Crippen molar-refractivity contribution in [2.75, 3.05) is 0 Å². The fraction of sp³-hybridized carbons (Fsp3) is 0.357. The standard InChI is InChI=1S/C14H15ClFN3O2/c1-8(2)5-12-13(14(20)21)17-18-19(12)7-9-3-4-11(16)10(15)6-9/h3-4,6,8H,5,7H2,1-2H3,(H,20,21). The SMILES string of the molecule is CC(C)Cc1c(C(=O)O)nnn1Cc1ccc(F)c(Cl)c1. The molecule has 7 heteroatoms. The lowest BCUT2D eigenvalue weighted by Crippen LogP contribution is -2.12. The third-order valence-electron chi connectivity index (χ3n) is 2.96. The van der Waals surface area contributed by atoms with Crippen molar-refractivity contribution in [1.29, 1.82) is 0 Å². The van der Waals surface area contributed by atoms with E-state index in [1.165, 1.54) is 16.8 Å². The largest absolute Gasteiger partial charge is 0.476 e. The van der Waals surface area contributed by atoms with Gasteiger partial charge < -0.3 is 5.11 Å². The second-order valence-electron chi connectivity index (χ2n) is 5.19. The van der Waals surface area contributed by atoms with Gasteiger partial charge in [-0.3, -0.25) is 0 Å². The van der Waals surface area contributed by atoms with Crippen LogP contribution in [-0.4, -0.2) is 26.1 Å². The summed E-state index contributed by atoms with van der Waals surface area (Å²) in [6.45, 7) is 4.26. The quantitative estimate of drug-likeness (QED) is 0.921. The summed E-state index contributed by atoms with van der Waals surface area (Å²) in [7, 11) is 0. The van der Waals surface area contributed by atoms with E-state index in [2.05, 4.69) is 10.3 Å². The van der Waals surface area contributed by atoms with Gasteiger partial charge in [-0.15, -0.1) is 5.10 Å². The molecule has 1 aromatic carbocycles. The number of carbonyl (C=O) groups is 1. The van der Waals surface area contributed by atoms with Crippen molar-refractivity contribution >= 4 is 17.6 Å². The van der Waals surface area contributed by atoms with Crippen LogP contribution in [0.5, 0.6) is 0 Å². The third kappa shape index (κ3) is 3.58. The van der Waals surface area contributed by atoms with Gasteiger partial charge in [-0.25, -0.2) is 13.9 Å². The lowest BCUT2D eigenvalue weighted by atomic mass is 10.1. The molecule has 0 bridgehead atoms. The third-order valence-corrected chi connectivity index (χ3v) is 3.25. The predicted molar refractivity (Wildman–Crippen MR) is 76.0 cm³/mol. The van der Waals surface area contributed by atoms with Crippen molar-refractivity contribution in [2.45, 2.75) is 26.8 Å². The molecule has 0 aliphatic rings. The molecule has 2 rings (SSSR count). The van der Waals surface area contributed by atoms with E-state index >= 15 is 0 Å². The van der Waals surface area contributed by atoms with E-state index in [-0.39, 0.29) is 16.6 Å². The van der Waals surface area contributed by atoms with Gasteiger partial charge in [0.25, 0.3) is 0 Å². The molecule has 5 nitrogen and oxygen atoms in total. The molecule has 0 aliphatic carbocycles. The van der Waals surface area contributed by atoms with Crippen molar-refractivity contribution in [3.8, 4) is 0 Å². The van der Waals surface area contributed by atoms with E-state index in [0.717, 1.165) is 5.56 Å². The van der Waals surface area contributed by atoms with Crippen LogP contribution in [0.1, 0.15) is 35.6 Å². The summed E-state index contributed by atoms with van der Waals surface area (Å²) < 4.78 is 14.7. The molecule has 0 aliphatic heterocycles. The molecule has 1 heterocycles. The second-order valence-corrected chi connectivity index (χ2v) is 5.60. The van der Waals surface area contributed by atoms with Crippen LogP contribution >= 0.6 is 11.6 Å². The van der Waals surface area contributed by atoms with Crippen LogP contribution in [-0.2, 0) is 13.0 Å². The van der Waals surface area contributed by atoms with Crippen LogP contribution in [0.15, 0.2) is 18.2 Å². The molecular formula is C14H15ClFN3O2. The van der Waals surface area contributed by atoms with Crippen LogP contribution < -0.4 is 0 Å². The van der Waals surface area contributed by atoms with Gasteiger partial charge in [0.15, 0.2) is 5.69 Å². The van der Waals surface area contributed by atoms with Crippen molar-refractivity contribution in [2.24, 2.45) is 5.92 Å². The van der Waals surface area contributed by atoms with Crippen LogP contribution in [0.4, 0.5) is 4.39 Å². The summed E-state index contributed by atoms with van der Waals surface area (Å²) in [5.74, 6) is -1.33. The monoisotopic (exact) mass is 311 g/mol. The summed E-state index contributed by atoms with van der Waals surface area (Å²) in [4.78, 5) is 11.2. The zero-order chi connectivity index (χ0) is 15.6. The van der Waals surface area contributed by atoms with Crippen LogP contribution in [0, 0.1) is 11.7 Å². The smallest absolute Gasteiger partial charge is 0.358 e. The van der Waals surface area contributed by atoms with Crippen molar-refractivity contribution in [3.63, 3.8) is 0 Å². The average molecular weight is 312 g/mol. The molecule has 0 spiro atoms. The fourth-order valence-electron chi connectivity index (χ4n) is 2.03. The predicted octanol–water partition coefficient (Wildman–Crippen LogP) is 3.02. The van der Waals surface area contributed by atoms with Crippen LogP contribution in [0.2, 0.25) is 5.02 Å². The van der Waals surface area contributed by atoms with E-state index < -0.39 is 11.8 Å². The van der Waals surface area contributed by atoms with Crippen LogP contribution in [0.25, 0.3) is 0 Å². The molecule has 112 valence electrons. The molecule has 0 unspecified atom stereocenters. The first-order valence-electron chi connectivity index (χ1n) is 6.48. The number of hydrogen-bond acceptors (Lipinski definition) is 3. The number of nitrogens with zero attached hydrogens (tertiary/aromatic N) is 3. The Balaban J connectivity index is 2.34. The maximum atomic E-state index is 13.2. The number of rotatable bonds is 5. The molecule has 0 amide bonds. The number of hydrogen-bond donors (Lipinski definition) is 1. The Kier molecular flexibility index (Phi) is 4.57. The maximum absolute atomic E-state index is 13.2. The highest BCUT2D eigenvalue weighted by atomic mass is 35.5. The lowest BCUT2D eigenvalue weighted by molar-refractivity contribution is 0.0689. The van der Waals surface area contributed by atoms with Gasteiger partial charge in [-0.05, 0) is 30.0 Å². The van der Waals surface area contributed by atoms with Gasteiger partial charge in [0, 0.05) is 0 Å². The summed E-state index contributed by atoms with van der Waals surface area (Å²) in [6.07, 6.45) is 0.545. The molecule has 0 saturated heterocycles. The van der Waals surface area contributed by atoms with Gasteiger partial charge in [0.2, 0.25) is 0 Å². The molecule has 2 aromatic rings. The molecule has 0 fully saturated rings. The van der Waals surface area contributed by atoms with Crippen molar-refractivity contribution < 1.29 is 14.3 Å². The molecular weight excluding hydrogens is 297 g/mol. The van der Waals surface area contributed by atoms with E-state index in [4.69, 9.17) is 16.7 Å². The van der Waals surface area contributed by atoms with Gasteiger partial charge in [-0.2, -0.15) is 0 Å². The fourth-order valence-corrected chi connectivity index (χ4v) is 2.23. The number of carboxylic acid groups (broad SMARTS) is 1. The highest BCUT2D eigenvalue weighted by molar-refractivity contribution is 6.30. The summed E-state index contributed by atoms with van der Waals surface area (Å²) in [5, 5.41) is 16.8. The van der Waals surface area contributed by atoms with Gasteiger partial charge in [0.1, 0.15) is 5.82 Å².